The Morgan fingerprint density at radius 3 is 2.65 bits per heavy atom. The number of hydrogen-bond donors (Lipinski definition) is 1. The maximum Gasteiger partial charge on any atom is 0.140 e. The molecule has 0 aliphatic carbocycles. The van der Waals surface area contributed by atoms with Gasteiger partial charge in [0.05, 0.1) is 5.69 Å². The molecule has 1 aromatic heterocycles. The van der Waals surface area contributed by atoms with Crippen LogP contribution in [0.2, 0.25) is 0 Å². The van der Waals surface area contributed by atoms with Crippen molar-refractivity contribution in [2.45, 2.75) is 19.9 Å². The summed E-state index contributed by atoms with van der Waals surface area (Å²) in [5.74, 6) is 0.459. The number of anilines is 1. The molecule has 0 saturated carbocycles. The molecule has 1 aromatic carbocycles. The van der Waals surface area contributed by atoms with Crippen molar-refractivity contribution in [2.24, 2.45) is 0 Å². The largest absolute Gasteiger partial charge is 0.383 e. The third-order valence-electron chi connectivity index (χ3n) is 2.69. The van der Waals surface area contributed by atoms with Crippen LogP contribution in [0.5, 0.6) is 0 Å². The maximum absolute atomic E-state index is 9.10. The molecular weight excluding hydrogens is 212 g/mol. The second kappa shape index (κ2) is 4.71. The van der Waals surface area contributed by atoms with E-state index in [4.69, 9.17) is 11.0 Å². The SMILES string of the molecule is CCn1nc(Cc2ccccc2)c(C#N)c1N. The number of nitrogens with zero attached hydrogens (tertiary/aromatic N) is 3. The lowest BCUT2D eigenvalue weighted by molar-refractivity contribution is 0.659. The predicted octanol–water partition coefficient (Wildman–Crippen LogP) is 1.95. The minimum absolute atomic E-state index is 0.459. The molecule has 0 saturated heterocycles. The number of nitrogens with two attached hydrogens (primary N) is 1. The van der Waals surface area contributed by atoms with Gasteiger partial charge in [-0.05, 0) is 12.5 Å². The Labute approximate surface area is 100 Å². The third kappa shape index (κ3) is 2.13. The van der Waals surface area contributed by atoms with E-state index < -0.39 is 0 Å². The van der Waals surface area contributed by atoms with Crippen LogP contribution in [-0.2, 0) is 13.0 Å². The van der Waals surface area contributed by atoms with Gasteiger partial charge in [-0.15, -0.1) is 0 Å². The summed E-state index contributed by atoms with van der Waals surface area (Å²) in [4.78, 5) is 0. The molecule has 1 heterocycles. The Morgan fingerprint density at radius 1 is 1.35 bits per heavy atom. The van der Waals surface area contributed by atoms with Gasteiger partial charge in [-0.2, -0.15) is 10.4 Å². The molecule has 0 radical (unpaired) electrons. The number of nitrogen functional groups attached to an aromatic ring is 1. The molecule has 0 aliphatic heterocycles. The van der Waals surface area contributed by atoms with Crippen molar-refractivity contribution in [2.75, 3.05) is 5.73 Å². The van der Waals surface area contributed by atoms with Gasteiger partial charge in [-0.1, -0.05) is 30.3 Å². The summed E-state index contributed by atoms with van der Waals surface area (Å²) in [5, 5.41) is 13.5. The highest BCUT2D eigenvalue weighted by Gasteiger charge is 2.14. The van der Waals surface area contributed by atoms with E-state index in [9.17, 15) is 0 Å². The van der Waals surface area contributed by atoms with Crippen molar-refractivity contribution in [1.82, 2.24) is 9.78 Å². The highest BCUT2D eigenvalue weighted by atomic mass is 15.3. The lowest BCUT2D eigenvalue weighted by atomic mass is 10.1. The Hall–Kier alpha value is -2.28. The van der Waals surface area contributed by atoms with Crippen molar-refractivity contribution in [3.8, 4) is 6.07 Å². The molecule has 4 nitrogen and oxygen atoms in total. The number of aromatic nitrogens is 2. The summed E-state index contributed by atoms with van der Waals surface area (Å²) < 4.78 is 1.66. The van der Waals surface area contributed by atoms with Gasteiger partial charge in [0.1, 0.15) is 17.5 Å². The molecule has 0 unspecified atom stereocenters. The number of benzene rings is 1. The van der Waals surface area contributed by atoms with Crippen molar-refractivity contribution in [1.29, 1.82) is 5.26 Å². The molecule has 86 valence electrons. The highest BCUT2D eigenvalue weighted by Crippen LogP contribution is 2.18. The summed E-state index contributed by atoms with van der Waals surface area (Å²) >= 11 is 0. The van der Waals surface area contributed by atoms with Gasteiger partial charge in [0, 0.05) is 13.0 Å². The summed E-state index contributed by atoms with van der Waals surface area (Å²) in [7, 11) is 0. The molecule has 0 atom stereocenters. The first kappa shape index (κ1) is 11.2. The Bertz CT molecular complexity index is 549. The first-order chi connectivity index (χ1) is 8.26. The molecule has 0 spiro atoms. The summed E-state index contributed by atoms with van der Waals surface area (Å²) in [6.07, 6.45) is 0.640. The fourth-order valence-electron chi connectivity index (χ4n) is 1.80. The molecule has 2 rings (SSSR count). The molecule has 0 bridgehead atoms. The maximum atomic E-state index is 9.10. The standard InChI is InChI=1S/C13H14N4/c1-2-17-13(15)11(9-14)12(16-17)8-10-6-4-3-5-7-10/h3-7H,2,8,15H2,1H3. The fraction of sp³-hybridized carbons (Fsp3) is 0.231. The van der Waals surface area contributed by atoms with Crippen LogP contribution in [0, 0.1) is 11.3 Å². The molecule has 0 aliphatic rings. The van der Waals surface area contributed by atoms with Crippen LogP contribution in [0.4, 0.5) is 5.82 Å². The van der Waals surface area contributed by atoms with E-state index in [0.717, 1.165) is 11.3 Å². The van der Waals surface area contributed by atoms with Crippen molar-refractivity contribution in [3.05, 3.63) is 47.2 Å². The summed E-state index contributed by atoms with van der Waals surface area (Å²) in [6, 6.07) is 12.1. The molecule has 2 aromatic rings. The smallest absolute Gasteiger partial charge is 0.140 e. The molecule has 2 N–H and O–H groups in total. The first-order valence-corrected chi connectivity index (χ1v) is 5.55. The van der Waals surface area contributed by atoms with Gasteiger partial charge in [-0.25, -0.2) is 4.68 Å². The average molecular weight is 226 g/mol. The minimum Gasteiger partial charge on any atom is -0.383 e. The van der Waals surface area contributed by atoms with E-state index in [0.29, 0.717) is 24.3 Å². The van der Waals surface area contributed by atoms with Gasteiger partial charge < -0.3 is 5.73 Å². The van der Waals surface area contributed by atoms with E-state index in [-0.39, 0.29) is 0 Å². The fourth-order valence-corrected chi connectivity index (χ4v) is 1.80. The normalized spacial score (nSPS) is 10.1. The van der Waals surface area contributed by atoms with Crippen LogP contribution in [0.1, 0.15) is 23.7 Å². The van der Waals surface area contributed by atoms with Crippen molar-refractivity contribution >= 4 is 5.82 Å². The zero-order valence-corrected chi connectivity index (χ0v) is 9.72. The van der Waals surface area contributed by atoms with E-state index in [1.807, 2.05) is 37.3 Å². The lowest BCUT2D eigenvalue weighted by Crippen LogP contribution is -2.02. The summed E-state index contributed by atoms with van der Waals surface area (Å²) in [5.41, 5.74) is 8.23. The number of rotatable bonds is 3. The van der Waals surface area contributed by atoms with Crippen LogP contribution < -0.4 is 5.73 Å². The zero-order valence-electron chi connectivity index (χ0n) is 9.72. The van der Waals surface area contributed by atoms with E-state index in [1.165, 1.54) is 0 Å². The van der Waals surface area contributed by atoms with E-state index in [1.54, 1.807) is 4.68 Å². The van der Waals surface area contributed by atoms with Crippen LogP contribution >= 0.6 is 0 Å². The van der Waals surface area contributed by atoms with Crippen LogP contribution in [0.15, 0.2) is 30.3 Å². The first-order valence-electron chi connectivity index (χ1n) is 5.55. The van der Waals surface area contributed by atoms with Gasteiger partial charge in [-0.3, -0.25) is 0 Å². The second-order valence-electron chi connectivity index (χ2n) is 3.80. The molecule has 0 amide bonds. The number of nitriles is 1. The van der Waals surface area contributed by atoms with Crippen LogP contribution in [0.3, 0.4) is 0 Å². The lowest BCUT2D eigenvalue weighted by Gasteiger charge is -1.97. The number of aryl methyl sites for hydroxylation is 1. The zero-order chi connectivity index (χ0) is 12.3. The number of hydrogen-bond acceptors (Lipinski definition) is 3. The topological polar surface area (TPSA) is 67.6 Å². The Kier molecular flexibility index (Phi) is 3.10. The minimum atomic E-state index is 0.459. The monoisotopic (exact) mass is 226 g/mol. The van der Waals surface area contributed by atoms with Crippen molar-refractivity contribution in [3.63, 3.8) is 0 Å². The quantitative estimate of drug-likeness (QED) is 0.869. The van der Waals surface area contributed by atoms with Gasteiger partial charge in [0.2, 0.25) is 0 Å². The molecular formula is C13H14N4. The van der Waals surface area contributed by atoms with Gasteiger partial charge in [0.25, 0.3) is 0 Å². The Morgan fingerprint density at radius 2 is 2.06 bits per heavy atom. The molecule has 17 heavy (non-hydrogen) atoms. The van der Waals surface area contributed by atoms with Gasteiger partial charge >= 0.3 is 0 Å². The third-order valence-corrected chi connectivity index (χ3v) is 2.69. The average Bonchev–Trinajstić information content (AvgIpc) is 2.66. The second-order valence-corrected chi connectivity index (χ2v) is 3.80. The van der Waals surface area contributed by atoms with Crippen LogP contribution in [0.25, 0.3) is 0 Å². The Balaban J connectivity index is 2.37. The predicted molar refractivity (Wildman–Crippen MR) is 66.3 cm³/mol. The summed E-state index contributed by atoms with van der Waals surface area (Å²) in [6.45, 7) is 2.63. The van der Waals surface area contributed by atoms with Crippen molar-refractivity contribution < 1.29 is 0 Å². The molecule has 0 fully saturated rings. The highest BCUT2D eigenvalue weighted by molar-refractivity contribution is 5.53. The van der Waals surface area contributed by atoms with Crippen LogP contribution in [-0.4, -0.2) is 9.78 Å². The molecule has 4 heteroatoms. The van der Waals surface area contributed by atoms with E-state index in [2.05, 4.69) is 11.2 Å². The van der Waals surface area contributed by atoms with E-state index >= 15 is 0 Å². The van der Waals surface area contributed by atoms with Gasteiger partial charge in [0.15, 0.2) is 0 Å².